The van der Waals surface area contributed by atoms with Crippen molar-refractivity contribution >= 4 is 17.8 Å². The summed E-state index contributed by atoms with van der Waals surface area (Å²) in [4.78, 5) is 10.7. The highest BCUT2D eigenvalue weighted by atomic mass is 16.6. The maximum Gasteiger partial charge on any atom is 0.280 e. The smallest absolute Gasteiger partial charge is 0.280 e. The number of aliphatic hydroxyl groups excluding tert-OH is 1. The molecule has 2 aromatic rings. The van der Waals surface area contributed by atoms with Gasteiger partial charge in [0.05, 0.1) is 23.2 Å². The highest BCUT2D eigenvalue weighted by Crippen LogP contribution is 2.26. The van der Waals surface area contributed by atoms with Gasteiger partial charge in [0.2, 0.25) is 0 Å². The lowest BCUT2D eigenvalue weighted by molar-refractivity contribution is -0.385. The van der Waals surface area contributed by atoms with E-state index in [1.54, 1.807) is 18.2 Å². The molecule has 0 amide bonds. The van der Waals surface area contributed by atoms with Crippen molar-refractivity contribution in [1.82, 2.24) is 0 Å². The van der Waals surface area contributed by atoms with Gasteiger partial charge in [-0.3, -0.25) is 10.1 Å². The molecule has 0 aromatic heterocycles. The van der Waals surface area contributed by atoms with Crippen LogP contribution in [-0.2, 0) is 0 Å². The normalized spacial score (nSPS) is 10.7. The lowest BCUT2D eigenvalue weighted by Gasteiger charge is -2.05. The first kappa shape index (κ1) is 14.7. The van der Waals surface area contributed by atoms with Crippen molar-refractivity contribution in [1.29, 1.82) is 0 Å². The zero-order valence-corrected chi connectivity index (χ0v) is 11.3. The second-order valence-electron chi connectivity index (χ2n) is 4.29. The van der Waals surface area contributed by atoms with Crippen molar-refractivity contribution in [2.45, 2.75) is 0 Å². The molecule has 0 aliphatic rings. The number of aliphatic hydroxyl groups is 1. The van der Waals surface area contributed by atoms with E-state index in [2.05, 4.69) is 0 Å². The van der Waals surface area contributed by atoms with E-state index in [0.717, 1.165) is 5.56 Å². The minimum atomic E-state index is -0.448. The molecule has 0 fully saturated rings. The van der Waals surface area contributed by atoms with Crippen LogP contribution >= 0.6 is 0 Å². The zero-order chi connectivity index (χ0) is 15.1. The molecule has 0 bridgehead atoms. The SMILES string of the molecule is O=[N+]([O-])c1cc(OCCO)ccc1/C=C/c1ccccc1. The van der Waals surface area contributed by atoms with Crippen LogP contribution in [0.3, 0.4) is 0 Å². The van der Waals surface area contributed by atoms with Gasteiger partial charge < -0.3 is 9.84 Å². The Morgan fingerprint density at radius 3 is 2.57 bits per heavy atom. The van der Waals surface area contributed by atoms with Crippen LogP contribution in [0.5, 0.6) is 5.75 Å². The molecule has 2 rings (SSSR count). The minimum absolute atomic E-state index is 0.0300. The lowest BCUT2D eigenvalue weighted by atomic mass is 10.1. The third-order valence-corrected chi connectivity index (χ3v) is 2.81. The van der Waals surface area contributed by atoms with Crippen LogP contribution in [0.15, 0.2) is 48.5 Å². The molecule has 0 saturated heterocycles. The van der Waals surface area contributed by atoms with E-state index in [4.69, 9.17) is 9.84 Å². The monoisotopic (exact) mass is 285 g/mol. The molecular weight excluding hydrogens is 270 g/mol. The summed E-state index contributed by atoms with van der Waals surface area (Å²) in [5, 5.41) is 19.8. The molecule has 0 radical (unpaired) electrons. The van der Waals surface area contributed by atoms with Crippen LogP contribution in [0.1, 0.15) is 11.1 Å². The highest BCUT2D eigenvalue weighted by Gasteiger charge is 2.13. The third-order valence-electron chi connectivity index (χ3n) is 2.81. The maximum atomic E-state index is 11.1. The number of nitro benzene ring substituents is 1. The number of rotatable bonds is 6. The third kappa shape index (κ3) is 4.15. The summed E-state index contributed by atoms with van der Waals surface area (Å²) < 4.78 is 5.19. The molecule has 0 unspecified atom stereocenters. The van der Waals surface area contributed by atoms with E-state index in [9.17, 15) is 10.1 Å². The number of hydrogen-bond acceptors (Lipinski definition) is 4. The summed E-state index contributed by atoms with van der Waals surface area (Å²) in [6.45, 7) is -0.0280. The topological polar surface area (TPSA) is 72.6 Å². The van der Waals surface area contributed by atoms with Crippen LogP contribution < -0.4 is 4.74 Å². The molecule has 5 heteroatoms. The van der Waals surface area contributed by atoms with E-state index >= 15 is 0 Å². The average molecular weight is 285 g/mol. The summed E-state index contributed by atoms with van der Waals surface area (Å²) in [6, 6.07) is 14.2. The summed E-state index contributed by atoms with van der Waals surface area (Å²) in [6.07, 6.45) is 3.51. The number of nitro groups is 1. The Hall–Kier alpha value is -2.66. The summed E-state index contributed by atoms with van der Waals surface area (Å²) >= 11 is 0. The van der Waals surface area contributed by atoms with Crippen molar-refractivity contribution in [3.05, 3.63) is 69.8 Å². The van der Waals surface area contributed by atoms with Crippen molar-refractivity contribution in [3.8, 4) is 5.75 Å². The van der Waals surface area contributed by atoms with Crippen LogP contribution in [-0.4, -0.2) is 23.2 Å². The van der Waals surface area contributed by atoms with Crippen molar-refractivity contribution in [2.24, 2.45) is 0 Å². The Bertz CT molecular complexity index is 638. The van der Waals surface area contributed by atoms with E-state index in [-0.39, 0.29) is 18.9 Å². The van der Waals surface area contributed by atoms with Gasteiger partial charge in [-0.2, -0.15) is 0 Å². The predicted octanol–water partition coefficient (Wildman–Crippen LogP) is 3.14. The first-order valence-electron chi connectivity index (χ1n) is 6.46. The molecule has 0 heterocycles. The van der Waals surface area contributed by atoms with Gasteiger partial charge in [0.25, 0.3) is 5.69 Å². The Morgan fingerprint density at radius 2 is 1.90 bits per heavy atom. The van der Waals surface area contributed by atoms with Gasteiger partial charge in [-0.15, -0.1) is 0 Å². The van der Waals surface area contributed by atoms with E-state index in [1.807, 2.05) is 36.4 Å². The Balaban J connectivity index is 2.26. The molecule has 5 nitrogen and oxygen atoms in total. The summed E-state index contributed by atoms with van der Waals surface area (Å²) in [7, 11) is 0. The molecule has 0 aliphatic heterocycles. The van der Waals surface area contributed by atoms with Crippen LogP contribution in [0.25, 0.3) is 12.2 Å². The van der Waals surface area contributed by atoms with E-state index < -0.39 is 4.92 Å². The molecule has 0 atom stereocenters. The van der Waals surface area contributed by atoms with Crippen molar-refractivity contribution in [3.63, 3.8) is 0 Å². The zero-order valence-electron chi connectivity index (χ0n) is 11.3. The first-order chi connectivity index (χ1) is 10.2. The lowest BCUT2D eigenvalue weighted by Crippen LogP contribution is -2.02. The fraction of sp³-hybridized carbons (Fsp3) is 0.125. The number of ether oxygens (including phenoxy) is 1. The standard InChI is InChI=1S/C16H15NO4/c18-10-11-21-15-9-8-14(16(12-15)17(19)20)7-6-13-4-2-1-3-5-13/h1-9,12,18H,10-11H2/b7-6+. The van der Waals surface area contributed by atoms with Crippen LogP contribution in [0, 0.1) is 10.1 Å². The Kier molecular flexibility index (Phi) is 5.06. The van der Waals surface area contributed by atoms with E-state index in [1.165, 1.54) is 6.07 Å². The molecule has 2 aromatic carbocycles. The average Bonchev–Trinajstić information content (AvgIpc) is 2.52. The van der Waals surface area contributed by atoms with Crippen LogP contribution in [0.4, 0.5) is 5.69 Å². The largest absolute Gasteiger partial charge is 0.491 e. The van der Waals surface area contributed by atoms with Gasteiger partial charge >= 0.3 is 0 Å². The van der Waals surface area contributed by atoms with Gasteiger partial charge in [0, 0.05) is 0 Å². The first-order valence-corrected chi connectivity index (χ1v) is 6.46. The molecular formula is C16H15NO4. The molecule has 0 spiro atoms. The number of nitrogens with zero attached hydrogens (tertiary/aromatic N) is 1. The number of benzene rings is 2. The van der Waals surface area contributed by atoms with Crippen molar-refractivity contribution in [2.75, 3.05) is 13.2 Å². The number of hydrogen-bond donors (Lipinski definition) is 1. The fourth-order valence-corrected chi connectivity index (χ4v) is 1.83. The molecule has 21 heavy (non-hydrogen) atoms. The summed E-state index contributed by atoms with van der Waals surface area (Å²) in [5.41, 5.74) is 1.44. The molecule has 0 saturated carbocycles. The van der Waals surface area contributed by atoms with Gasteiger partial charge in [0.1, 0.15) is 12.4 Å². The molecule has 108 valence electrons. The minimum Gasteiger partial charge on any atom is -0.491 e. The molecule has 1 N–H and O–H groups in total. The van der Waals surface area contributed by atoms with Gasteiger partial charge in [-0.05, 0) is 23.8 Å². The van der Waals surface area contributed by atoms with Gasteiger partial charge in [-0.25, -0.2) is 0 Å². The van der Waals surface area contributed by atoms with Gasteiger partial charge in [0.15, 0.2) is 0 Å². The predicted molar refractivity (Wildman–Crippen MR) is 81.0 cm³/mol. The van der Waals surface area contributed by atoms with E-state index in [0.29, 0.717) is 11.3 Å². The van der Waals surface area contributed by atoms with Gasteiger partial charge in [-0.1, -0.05) is 36.4 Å². The maximum absolute atomic E-state index is 11.1. The summed E-state index contributed by atoms with van der Waals surface area (Å²) in [5.74, 6) is 0.368. The van der Waals surface area contributed by atoms with Crippen molar-refractivity contribution < 1.29 is 14.8 Å². The fourth-order valence-electron chi connectivity index (χ4n) is 1.83. The second-order valence-corrected chi connectivity index (χ2v) is 4.29. The molecule has 0 aliphatic carbocycles. The van der Waals surface area contributed by atoms with Crippen LogP contribution in [0.2, 0.25) is 0 Å². The highest BCUT2D eigenvalue weighted by molar-refractivity contribution is 5.74. The quantitative estimate of drug-likeness (QED) is 0.503. The Labute approximate surface area is 122 Å². The second kappa shape index (κ2) is 7.21. The Morgan fingerprint density at radius 1 is 1.14 bits per heavy atom.